The SMILES string of the molecule is CCCCNC(/C(=C(\F)C(F)(F)F)C(F)(C(F)(F)F)C(F)(F)F)(C(F)(F)F)C(F)(F)F. The lowest BCUT2D eigenvalue weighted by molar-refractivity contribution is -0.350. The summed E-state index contributed by atoms with van der Waals surface area (Å²) < 4.78 is 223. The van der Waals surface area contributed by atoms with Gasteiger partial charge in [-0.05, 0) is 13.0 Å². The lowest BCUT2D eigenvalue weighted by atomic mass is 9.76. The maximum absolute atomic E-state index is 14.2. The molecule has 0 amide bonds. The highest BCUT2D eigenvalue weighted by molar-refractivity contribution is 5.42. The molecule has 0 aromatic heterocycles. The molecule has 0 saturated heterocycles. The highest BCUT2D eigenvalue weighted by Crippen LogP contribution is 2.61. The van der Waals surface area contributed by atoms with Crippen LogP contribution in [0.15, 0.2) is 11.4 Å². The van der Waals surface area contributed by atoms with Crippen LogP contribution in [-0.4, -0.2) is 48.6 Å². The minimum atomic E-state index is -8.05. The standard InChI is InChI=1S/C13H10F17N/c1-2-3-4-31-8(12(25,26)27,13(28,29)30)5(6(14)9(16,17)18)7(15,10(19,20)21)11(22,23)24/h31H,2-4H2,1H3/b6-5-. The Morgan fingerprint density at radius 1 is 0.613 bits per heavy atom. The van der Waals surface area contributed by atoms with Gasteiger partial charge >= 0.3 is 36.6 Å². The molecular formula is C13H10F17N. The first-order valence-electron chi connectivity index (χ1n) is 7.52. The fraction of sp³-hybridized carbons (Fsp3) is 0.846. The zero-order chi connectivity index (χ0) is 25.5. The van der Waals surface area contributed by atoms with Gasteiger partial charge in [-0.1, -0.05) is 13.3 Å². The number of hydrogen-bond acceptors (Lipinski definition) is 1. The third kappa shape index (κ3) is 5.13. The van der Waals surface area contributed by atoms with Gasteiger partial charge in [-0.3, -0.25) is 5.32 Å². The van der Waals surface area contributed by atoms with Crippen molar-refractivity contribution in [2.75, 3.05) is 6.54 Å². The van der Waals surface area contributed by atoms with Gasteiger partial charge < -0.3 is 0 Å². The van der Waals surface area contributed by atoms with Crippen LogP contribution in [0.2, 0.25) is 0 Å². The molecule has 0 aliphatic carbocycles. The Morgan fingerprint density at radius 2 is 0.968 bits per heavy atom. The van der Waals surface area contributed by atoms with Crippen LogP contribution in [0.5, 0.6) is 0 Å². The monoisotopic (exact) mass is 503 g/mol. The van der Waals surface area contributed by atoms with Crippen molar-refractivity contribution in [2.24, 2.45) is 0 Å². The molecule has 0 aromatic carbocycles. The van der Waals surface area contributed by atoms with Crippen molar-refractivity contribution in [1.82, 2.24) is 5.32 Å². The highest BCUT2D eigenvalue weighted by Gasteiger charge is 2.86. The lowest BCUT2D eigenvalue weighted by Crippen LogP contribution is -2.74. The van der Waals surface area contributed by atoms with E-state index in [0.29, 0.717) is 0 Å². The second-order valence-electron chi connectivity index (χ2n) is 5.87. The Hall–Kier alpha value is -1.49. The van der Waals surface area contributed by atoms with Crippen molar-refractivity contribution in [1.29, 1.82) is 0 Å². The Balaban J connectivity index is 8.02. The average molecular weight is 503 g/mol. The summed E-state index contributed by atoms with van der Waals surface area (Å²) in [7, 11) is 0. The van der Waals surface area contributed by atoms with Crippen LogP contribution in [0, 0.1) is 0 Å². The van der Waals surface area contributed by atoms with Gasteiger partial charge in [-0.25, -0.2) is 8.78 Å². The van der Waals surface area contributed by atoms with E-state index in [1.807, 2.05) is 0 Å². The molecule has 0 radical (unpaired) electrons. The van der Waals surface area contributed by atoms with Crippen LogP contribution < -0.4 is 5.32 Å². The van der Waals surface area contributed by atoms with Gasteiger partial charge in [0.1, 0.15) is 0 Å². The van der Waals surface area contributed by atoms with Crippen LogP contribution in [-0.2, 0) is 0 Å². The molecule has 18 heteroatoms. The maximum atomic E-state index is 14.2. The van der Waals surface area contributed by atoms with Gasteiger partial charge in [0.05, 0.1) is 5.57 Å². The first kappa shape index (κ1) is 29.5. The molecule has 0 bridgehead atoms. The van der Waals surface area contributed by atoms with Crippen LogP contribution in [0.4, 0.5) is 74.6 Å². The molecule has 0 rings (SSSR count). The molecule has 0 aromatic rings. The van der Waals surface area contributed by atoms with E-state index in [1.54, 1.807) is 0 Å². The Bertz CT molecular complexity index is 613. The van der Waals surface area contributed by atoms with Crippen molar-refractivity contribution in [3.8, 4) is 0 Å². The molecule has 0 fully saturated rings. The summed E-state index contributed by atoms with van der Waals surface area (Å²) in [5, 5.41) is 0.0292. The third-order valence-corrected chi connectivity index (χ3v) is 3.74. The number of hydrogen-bond donors (Lipinski definition) is 1. The molecule has 0 spiro atoms. The molecule has 1 N–H and O–H groups in total. The van der Waals surface area contributed by atoms with E-state index in [0.717, 1.165) is 6.92 Å². The highest BCUT2D eigenvalue weighted by atomic mass is 19.4. The lowest BCUT2D eigenvalue weighted by Gasteiger charge is -2.45. The van der Waals surface area contributed by atoms with Gasteiger partial charge in [-0.15, -0.1) is 0 Å². The maximum Gasteiger partial charge on any atom is 0.443 e. The van der Waals surface area contributed by atoms with Crippen molar-refractivity contribution in [3.63, 3.8) is 0 Å². The van der Waals surface area contributed by atoms with Crippen LogP contribution in [0.1, 0.15) is 19.8 Å². The number of allylic oxidation sites excluding steroid dienone is 1. The molecule has 1 nitrogen and oxygen atoms in total. The molecule has 0 aliphatic rings. The second-order valence-corrected chi connectivity index (χ2v) is 5.87. The molecule has 0 saturated carbocycles. The topological polar surface area (TPSA) is 12.0 Å². The molecule has 186 valence electrons. The summed E-state index contributed by atoms with van der Waals surface area (Å²) in [4.78, 5) is 0. The minimum Gasteiger partial charge on any atom is -0.292 e. The molecule has 0 atom stereocenters. The van der Waals surface area contributed by atoms with E-state index >= 15 is 0 Å². The molecule has 0 heterocycles. The Labute approximate surface area is 161 Å². The minimum absolute atomic E-state index is 0.0292. The number of unbranched alkanes of at least 4 members (excludes halogenated alkanes) is 1. The summed E-state index contributed by atoms with van der Waals surface area (Å²) in [5.41, 5.74) is -20.4. The molecule has 31 heavy (non-hydrogen) atoms. The summed E-state index contributed by atoms with van der Waals surface area (Å²) in [5.74, 6) is -5.21. The van der Waals surface area contributed by atoms with Gasteiger partial charge in [0.25, 0.3) is 0 Å². The number of rotatable bonds is 6. The number of halogens is 17. The Kier molecular flexibility index (Phi) is 8.05. The molecule has 0 unspecified atom stereocenters. The third-order valence-electron chi connectivity index (χ3n) is 3.74. The van der Waals surface area contributed by atoms with E-state index in [4.69, 9.17) is 0 Å². The predicted octanol–water partition coefficient (Wildman–Crippen LogP) is 6.86. The van der Waals surface area contributed by atoms with Gasteiger partial charge in [0.15, 0.2) is 0 Å². The molecule has 0 aliphatic heterocycles. The Morgan fingerprint density at radius 3 is 1.19 bits per heavy atom. The summed E-state index contributed by atoms with van der Waals surface area (Å²) >= 11 is 0. The van der Waals surface area contributed by atoms with E-state index in [1.165, 1.54) is 0 Å². The smallest absolute Gasteiger partial charge is 0.292 e. The van der Waals surface area contributed by atoms with Crippen molar-refractivity contribution in [3.05, 3.63) is 11.4 Å². The quantitative estimate of drug-likeness (QED) is 0.309. The average Bonchev–Trinajstić information content (AvgIpc) is 2.47. The number of alkyl halides is 16. The van der Waals surface area contributed by atoms with Gasteiger partial charge in [0, 0.05) is 0 Å². The number of nitrogens with one attached hydrogen (secondary N) is 1. The van der Waals surface area contributed by atoms with Gasteiger partial charge in [0.2, 0.25) is 11.4 Å². The van der Waals surface area contributed by atoms with Crippen molar-refractivity contribution < 1.29 is 74.6 Å². The zero-order valence-electron chi connectivity index (χ0n) is 14.5. The van der Waals surface area contributed by atoms with Crippen molar-refractivity contribution in [2.45, 2.75) is 61.9 Å². The van der Waals surface area contributed by atoms with E-state index < -0.39 is 66.5 Å². The van der Waals surface area contributed by atoms with Crippen LogP contribution >= 0.6 is 0 Å². The van der Waals surface area contributed by atoms with Crippen molar-refractivity contribution >= 4 is 0 Å². The molecular weight excluding hydrogens is 493 g/mol. The van der Waals surface area contributed by atoms with E-state index in [2.05, 4.69) is 0 Å². The van der Waals surface area contributed by atoms with E-state index in [9.17, 15) is 74.6 Å². The predicted molar refractivity (Wildman–Crippen MR) is 67.9 cm³/mol. The zero-order valence-corrected chi connectivity index (χ0v) is 14.5. The first-order chi connectivity index (χ1) is 13.3. The van der Waals surface area contributed by atoms with Crippen LogP contribution in [0.3, 0.4) is 0 Å². The second kappa shape index (κ2) is 8.46. The summed E-state index contributed by atoms with van der Waals surface area (Å²) in [6, 6.07) is 0. The van der Waals surface area contributed by atoms with E-state index in [-0.39, 0.29) is 11.7 Å². The fourth-order valence-corrected chi connectivity index (χ4v) is 2.35. The largest absolute Gasteiger partial charge is 0.443 e. The fourth-order valence-electron chi connectivity index (χ4n) is 2.35. The van der Waals surface area contributed by atoms with Gasteiger partial charge in [-0.2, -0.15) is 65.9 Å². The summed E-state index contributed by atoms with van der Waals surface area (Å²) in [6.45, 7) is -0.779. The van der Waals surface area contributed by atoms with Crippen LogP contribution in [0.25, 0.3) is 0 Å². The normalized spacial score (nSPS) is 16.5. The summed E-state index contributed by atoms with van der Waals surface area (Å²) in [6.07, 6.45) is -39.6. The first-order valence-corrected chi connectivity index (χ1v) is 7.52.